The largest absolute Gasteiger partial charge is 0.379 e. The lowest BCUT2D eigenvalue weighted by Gasteiger charge is -2.35. The van der Waals surface area contributed by atoms with Crippen molar-refractivity contribution in [3.8, 4) is 0 Å². The van der Waals surface area contributed by atoms with E-state index in [4.69, 9.17) is 4.74 Å². The van der Waals surface area contributed by atoms with Gasteiger partial charge < -0.3 is 14.5 Å². The molecule has 0 N–H and O–H groups in total. The van der Waals surface area contributed by atoms with Gasteiger partial charge in [0.25, 0.3) is 5.91 Å². The van der Waals surface area contributed by atoms with Crippen molar-refractivity contribution in [2.24, 2.45) is 5.92 Å². The van der Waals surface area contributed by atoms with Crippen LogP contribution in [0.3, 0.4) is 0 Å². The molecule has 0 unspecified atom stereocenters. The molecule has 0 saturated carbocycles. The van der Waals surface area contributed by atoms with Gasteiger partial charge in [0, 0.05) is 31.1 Å². The Kier molecular flexibility index (Phi) is 5.07. The maximum Gasteiger partial charge on any atom is 0.263 e. The van der Waals surface area contributed by atoms with Gasteiger partial charge in [0.1, 0.15) is 0 Å². The molecule has 1 aromatic heterocycles. The molecule has 1 amide bonds. The minimum absolute atomic E-state index is 0.118. The molecule has 1 aliphatic heterocycles. The zero-order valence-corrected chi connectivity index (χ0v) is 14.5. The first-order valence-corrected chi connectivity index (χ1v) is 8.22. The summed E-state index contributed by atoms with van der Waals surface area (Å²) < 4.78 is 5.11. The predicted molar refractivity (Wildman–Crippen MR) is 86.8 cm³/mol. The summed E-state index contributed by atoms with van der Waals surface area (Å²) in [5.41, 5.74) is 0.158. The van der Waals surface area contributed by atoms with Crippen molar-refractivity contribution in [2.45, 2.75) is 32.4 Å². The third-order valence-corrected chi connectivity index (χ3v) is 5.84. The molecule has 2 rings (SSSR count). The van der Waals surface area contributed by atoms with Crippen LogP contribution in [0.4, 0.5) is 0 Å². The van der Waals surface area contributed by atoms with Gasteiger partial charge in [-0.25, -0.2) is 0 Å². The summed E-state index contributed by atoms with van der Waals surface area (Å²) in [6.07, 6.45) is 1.15. The van der Waals surface area contributed by atoms with E-state index in [1.54, 1.807) is 7.11 Å². The Bertz CT molecular complexity index is 498. The molecule has 118 valence electrons. The molecule has 1 aliphatic rings. The number of carbonyl (C=O) groups is 1. The molecule has 4 nitrogen and oxygen atoms in total. The highest BCUT2D eigenvalue weighted by atomic mass is 32.1. The van der Waals surface area contributed by atoms with E-state index < -0.39 is 0 Å². The highest BCUT2D eigenvalue weighted by Gasteiger charge is 2.39. The number of hydrogen-bond donors (Lipinski definition) is 0. The number of methoxy groups -OCH3 is 1. The zero-order valence-electron chi connectivity index (χ0n) is 13.7. The molecule has 0 aromatic carbocycles. The summed E-state index contributed by atoms with van der Waals surface area (Å²) in [5, 5.41) is 0. The Hall–Kier alpha value is -0.910. The first-order valence-electron chi connectivity index (χ1n) is 7.40. The second-order valence-corrected chi connectivity index (χ2v) is 7.61. The number of ether oxygens (including phenoxy) is 1. The number of likely N-dealkylation sites (tertiary alicyclic amines) is 1. The average molecular weight is 310 g/mol. The number of nitrogens with zero attached hydrogens (tertiary/aromatic N) is 2. The maximum atomic E-state index is 12.5. The van der Waals surface area contributed by atoms with E-state index in [0.717, 1.165) is 29.3 Å². The quantitative estimate of drug-likeness (QED) is 0.838. The highest BCUT2D eigenvalue weighted by Crippen LogP contribution is 2.33. The van der Waals surface area contributed by atoms with Crippen LogP contribution in [-0.4, -0.2) is 55.5 Å². The number of hydrogen-bond acceptors (Lipinski definition) is 4. The third-order valence-electron chi connectivity index (χ3n) is 4.80. The van der Waals surface area contributed by atoms with Crippen LogP contribution in [0, 0.1) is 5.92 Å². The normalized spacial score (nSPS) is 21.7. The van der Waals surface area contributed by atoms with Gasteiger partial charge in [0.15, 0.2) is 0 Å². The van der Waals surface area contributed by atoms with Crippen LogP contribution >= 0.6 is 11.3 Å². The average Bonchev–Trinajstić information content (AvgIpc) is 2.98. The molecule has 1 atom stereocenters. The molecule has 2 heterocycles. The Morgan fingerprint density at radius 3 is 2.81 bits per heavy atom. The smallest absolute Gasteiger partial charge is 0.263 e. The van der Waals surface area contributed by atoms with Gasteiger partial charge in [-0.3, -0.25) is 4.79 Å². The molecule has 1 fully saturated rings. The number of thiophene rings is 1. The summed E-state index contributed by atoms with van der Waals surface area (Å²) in [5.74, 6) is 0.641. The zero-order chi connectivity index (χ0) is 15.6. The summed E-state index contributed by atoms with van der Waals surface area (Å²) >= 11 is 1.53. The summed E-state index contributed by atoms with van der Waals surface area (Å²) in [7, 11) is 5.75. The lowest BCUT2D eigenvalue weighted by Crippen LogP contribution is -2.44. The van der Waals surface area contributed by atoms with E-state index >= 15 is 0 Å². The fourth-order valence-corrected chi connectivity index (χ4v) is 3.91. The standard InChI is InChI=1S/C16H26N2O2S/c1-16(2)12(8-9-18(16)4)10-17(3)15(19)14-7-6-13(21-14)11-20-5/h6-7,12H,8-11H2,1-5H3/t12-/m0/s1. The van der Waals surface area contributed by atoms with Gasteiger partial charge in [0.2, 0.25) is 0 Å². The van der Waals surface area contributed by atoms with E-state index in [1.165, 1.54) is 11.3 Å². The molecule has 0 aliphatic carbocycles. The highest BCUT2D eigenvalue weighted by molar-refractivity contribution is 7.14. The van der Waals surface area contributed by atoms with Crippen molar-refractivity contribution in [3.63, 3.8) is 0 Å². The minimum Gasteiger partial charge on any atom is -0.379 e. The first kappa shape index (κ1) is 16.5. The summed E-state index contributed by atoms with van der Waals surface area (Å²) in [6.45, 7) is 7.03. The van der Waals surface area contributed by atoms with Gasteiger partial charge in [0.05, 0.1) is 11.5 Å². The molecule has 0 spiro atoms. The van der Waals surface area contributed by atoms with Gasteiger partial charge in [-0.15, -0.1) is 11.3 Å². The van der Waals surface area contributed by atoms with Gasteiger partial charge in [-0.1, -0.05) is 0 Å². The first-order chi connectivity index (χ1) is 9.86. The van der Waals surface area contributed by atoms with Gasteiger partial charge >= 0.3 is 0 Å². The molecular weight excluding hydrogens is 284 g/mol. The monoisotopic (exact) mass is 310 g/mol. The molecule has 21 heavy (non-hydrogen) atoms. The summed E-state index contributed by atoms with van der Waals surface area (Å²) in [6, 6.07) is 3.88. The van der Waals surface area contributed by atoms with Gasteiger partial charge in [-0.05, 0) is 51.9 Å². The lowest BCUT2D eigenvalue weighted by molar-refractivity contribution is 0.0733. The van der Waals surface area contributed by atoms with Crippen LogP contribution in [0.2, 0.25) is 0 Å². The van der Waals surface area contributed by atoms with E-state index in [2.05, 4.69) is 25.8 Å². The Balaban J connectivity index is 1.99. The SMILES string of the molecule is COCc1ccc(C(=O)N(C)C[C@@H]2CCN(C)C2(C)C)s1. The number of rotatable bonds is 5. The van der Waals surface area contributed by atoms with Crippen molar-refractivity contribution in [1.29, 1.82) is 0 Å². The van der Waals surface area contributed by atoms with Crippen LogP contribution < -0.4 is 0 Å². The molecular formula is C16H26N2O2S. The van der Waals surface area contributed by atoms with Crippen LogP contribution in [0.1, 0.15) is 34.8 Å². The van der Waals surface area contributed by atoms with Crippen molar-refractivity contribution in [1.82, 2.24) is 9.80 Å². The second-order valence-electron chi connectivity index (χ2n) is 6.45. The van der Waals surface area contributed by atoms with Crippen LogP contribution in [0.5, 0.6) is 0 Å². The molecule has 5 heteroatoms. The predicted octanol–water partition coefficient (Wildman–Crippen LogP) is 2.70. The fourth-order valence-electron chi connectivity index (χ4n) is 2.93. The van der Waals surface area contributed by atoms with Crippen molar-refractivity contribution < 1.29 is 9.53 Å². The second kappa shape index (κ2) is 6.46. The topological polar surface area (TPSA) is 32.8 Å². The van der Waals surface area contributed by atoms with E-state index in [1.807, 2.05) is 24.1 Å². The summed E-state index contributed by atoms with van der Waals surface area (Å²) in [4.78, 5) is 18.7. The Morgan fingerprint density at radius 1 is 1.52 bits per heavy atom. The van der Waals surface area contributed by atoms with Crippen molar-refractivity contribution in [2.75, 3.05) is 34.3 Å². The molecule has 1 aromatic rings. The fraction of sp³-hybridized carbons (Fsp3) is 0.688. The van der Waals surface area contributed by atoms with Crippen LogP contribution in [0.15, 0.2) is 12.1 Å². The number of amides is 1. The Labute approximate surface area is 131 Å². The van der Waals surface area contributed by atoms with Crippen molar-refractivity contribution >= 4 is 17.2 Å². The Morgan fingerprint density at radius 2 is 2.24 bits per heavy atom. The number of carbonyl (C=O) groups excluding carboxylic acids is 1. The third kappa shape index (κ3) is 3.47. The van der Waals surface area contributed by atoms with Crippen molar-refractivity contribution in [3.05, 3.63) is 21.9 Å². The van der Waals surface area contributed by atoms with E-state index in [-0.39, 0.29) is 11.4 Å². The van der Waals surface area contributed by atoms with Crippen LogP contribution in [-0.2, 0) is 11.3 Å². The molecule has 1 saturated heterocycles. The van der Waals surface area contributed by atoms with Gasteiger partial charge in [-0.2, -0.15) is 0 Å². The lowest BCUT2D eigenvalue weighted by atomic mass is 9.88. The van der Waals surface area contributed by atoms with Crippen LogP contribution in [0.25, 0.3) is 0 Å². The maximum absolute atomic E-state index is 12.5. The van der Waals surface area contributed by atoms with E-state index in [0.29, 0.717) is 12.5 Å². The minimum atomic E-state index is 0.118. The molecule has 0 bridgehead atoms. The van der Waals surface area contributed by atoms with E-state index in [9.17, 15) is 4.79 Å². The molecule has 0 radical (unpaired) electrons.